The van der Waals surface area contributed by atoms with Crippen LogP contribution in [0.25, 0.3) is 11.1 Å². The van der Waals surface area contributed by atoms with Crippen molar-refractivity contribution in [3.63, 3.8) is 0 Å². The first-order chi connectivity index (χ1) is 21.4. The molecule has 1 saturated carbocycles. The molecular formula is C32H43F3N2O7S2. The van der Waals surface area contributed by atoms with Gasteiger partial charge in [-0.15, -0.1) is 0 Å². The Labute approximate surface area is 269 Å². The standard InChI is InChI=1S/C32H43F3N2O7S2/c1-23-9-6-7-12-26(23)28-21-25(13-14-27(28)30(38)36-29(31(39)40)16-20-45(2,41)42)22-37(18-15-24-10-4-3-5-11-24)46(43,44)19-8-17-32(33,34)35/h6-7,9,12-14,21,24,29H,3-5,8,10-11,15-20,22H2,1-2H3,(H,36,38)(H,39,40). The highest BCUT2D eigenvalue weighted by molar-refractivity contribution is 7.90. The monoisotopic (exact) mass is 688 g/mol. The molecule has 256 valence electrons. The number of aliphatic carboxylic acids is 1. The quantitative estimate of drug-likeness (QED) is 0.230. The van der Waals surface area contributed by atoms with Crippen molar-refractivity contribution in [2.45, 2.75) is 83.5 Å². The minimum atomic E-state index is -4.47. The minimum Gasteiger partial charge on any atom is -0.480 e. The fourth-order valence-electron chi connectivity index (χ4n) is 5.72. The van der Waals surface area contributed by atoms with Crippen molar-refractivity contribution < 1.29 is 44.7 Å². The second-order valence-corrected chi connectivity index (χ2v) is 16.5. The Morgan fingerprint density at radius 3 is 2.28 bits per heavy atom. The summed E-state index contributed by atoms with van der Waals surface area (Å²) in [7, 11) is -7.55. The average Bonchev–Trinajstić information content (AvgIpc) is 2.96. The lowest BCUT2D eigenvalue weighted by atomic mass is 9.87. The number of hydrogen-bond acceptors (Lipinski definition) is 6. The summed E-state index contributed by atoms with van der Waals surface area (Å²) in [6, 6.07) is 10.3. The van der Waals surface area contributed by atoms with E-state index in [1.807, 2.05) is 13.0 Å². The molecule has 0 saturated heterocycles. The van der Waals surface area contributed by atoms with E-state index in [0.717, 1.165) is 43.9 Å². The highest BCUT2D eigenvalue weighted by Crippen LogP contribution is 2.31. The van der Waals surface area contributed by atoms with Crippen molar-refractivity contribution >= 4 is 31.7 Å². The third kappa shape index (κ3) is 12.0. The lowest BCUT2D eigenvalue weighted by Gasteiger charge is -2.27. The van der Waals surface area contributed by atoms with Crippen LogP contribution in [-0.2, 0) is 31.2 Å². The second-order valence-electron chi connectivity index (χ2n) is 12.1. The molecule has 0 radical (unpaired) electrons. The topological polar surface area (TPSA) is 138 Å². The number of carboxylic acids is 1. The normalized spacial score (nSPS) is 15.5. The summed E-state index contributed by atoms with van der Waals surface area (Å²) in [5.74, 6) is -2.90. The zero-order valence-electron chi connectivity index (χ0n) is 26.2. The van der Waals surface area contributed by atoms with E-state index >= 15 is 0 Å². The fourth-order valence-corrected chi connectivity index (χ4v) is 7.88. The van der Waals surface area contributed by atoms with Crippen molar-refractivity contribution in [3.05, 3.63) is 59.2 Å². The van der Waals surface area contributed by atoms with Crippen LogP contribution < -0.4 is 5.32 Å². The maximum atomic E-state index is 13.4. The average molecular weight is 689 g/mol. The molecule has 1 aliphatic rings. The van der Waals surface area contributed by atoms with E-state index in [1.165, 1.54) is 10.4 Å². The van der Waals surface area contributed by atoms with Gasteiger partial charge >= 0.3 is 12.1 Å². The number of nitrogens with one attached hydrogen (secondary N) is 1. The Morgan fingerprint density at radius 1 is 1.00 bits per heavy atom. The molecule has 1 fully saturated rings. The largest absolute Gasteiger partial charge is 0.480 e. The Morgan fingerprint density at radius 2 is 1.67 bits per heavy atom. The van der Waals surface area contributed by atoms with Gasteiger partial charge in [0.1, 0.15) is 15.9 Å². The van der Waals surface area contributed by atoms with Gasteiger partial charge in [-0.05, 0) is 66.5 Å². The number of carboxylic acid groups (broad SMARTS) is 1. The molecule has 0 bridgehead atoms. The molecule has 14 heteroatoms. The highest BCUT2D eigenvalue weighted by Gasteiger charge is 2.30. The van der Waals surface area contributed by atoms with Crippen LogP contribution in [0.15, 0.2) is 42.5 Å². The molecule has 0 aromatic heterocycles. The van der Waals surface area contributed by atoms with Gasteiger partial charge in [-0.3, -0.25) is 4.79 Å². The second kappa shape index (κ2) is 16.2. The first-order valence-electron chi connectivity index (χ1n) is 15.4. The van der Waals surface area contributed by atoms with Crippen molar-refractivity contribution in [2.75, 3.05) is 24.3 Å². The van der Waals surface area contributed by atoms with Gasteiger partial charge in [0.05, 0.1) is 11.5 Å². The number of sulfone groups is 1. The molecule has 2 N–H and O–H groups in total. The molecule has 46 heavy (non-hydrogen) atoms. The zero-order valence-corrected chi connectivity index (χ0v) is 27.8. The Hall–Kier alpha value is -2.97. The van der Waals surface area contributed by atoms with Crippen LogP contribution in [0.3, 0.4) is 0 Å². The number of carbonyl (C=O) groups is 2. The molecule has 9 nitrogen and oxygen atoms in total. The summed E-state index contributed by atoms with van der Waals surface area (Å²) >= 11 is 0. The zero-order chi connectivity index (χ0) is 34.1. The van der Waals surface area contributed by atoms with Gasteiger partial charge in [0.25, 0.3) is 5.91 Å². The summed E-state index contributed by atoms with van der Waals surface area (Å²) in [6.07, 6.45) is 0.205. The van der Waals surface area contributed by atoms with Crippen molar-refractivity contribution in [1.29, 1.82) is 0 Å². The van der Waals surface area contributed by atoms with Gasteiger partial charge in [-0.1, -0.05) is 62.4 Å². The Kier molecular flexibility index (Phi) is 13.2. The highest BCUT2D eigenvalue weighted by atomic mass is 32.2. The number of benzene rings is 2. The van der Waals surface area contributed by atoms with Gasteiger partial charge in [-0.2, -0.15) is 17.5 Å². The molecule has 1 atom stereocenters. The summed E-state index contributed by atoms with van der Waals surface area (Å²) in [4.78, 5) is 25.3. The van der Waals surface area contributed by atoms with Gasteiger partial charge < -0.3 is 10.4 Å². The molecular weight excluding hydrogens is 645 g/mol. The maximum Gasteiger partial charge on any atom is 0.389 e. The summed E-state index contributed by atoms with van der Waals surface area (Å²) in [5, 5.41) is 12.0. The van der Waals surface area contributed by atoms with E-state index in [4.69, 9.17) is 0 Å². The number of sulfonamides is 1. The first kappa shape index (κ1) is 37.5. The van der Waals surface area contributed by atoms with Crippen molar-refractivity contribution in [1.82, 2.24) is 9.62 Å². The fraction of sp³-hybridized carbons (Fsp3) is 0.562. The molecule has 1 amide bonds. The molecule has 1 aliphatic carbocycles. The molecule has 1 unspecified atom stereocenters. The number of amides is 1. The number of rotatable bonds is 16. The predicted molar refractivity (Wildman–Crippen MR) is 171 cm³/mol. The first-order valence-corrected chi connectivity index (χ1v) is 19.1. The van der Waals surface area contributed by atoms with Crippen LogP contribution in [0.1, 0.15) is 79.3 Å². The lowest BCUT2D eigenvalue weighted by Crippen LogP contribution is -2.42. The predicted octanol–water partition coefficient (Wildman–Crippen LogP) is 5.72. The van der Waals surface area contributed by atoms with Crippen LogP contribution in [0, 0.1) is 12.8 Å². The van der Waals surface area contributed by atoms with Crippen LogP contribution in [-0.4, -0.2) is 74.6 Å². The number of alkyl halides is 3. The third-order valence-electron chi connectivity index (χ3n) is 8.27. The number of aryl methyl sites for hydroxylation is 1. The third-order valence-corrected chi connectivity index (χ3v) is 11.2. The molecule has 0 spiro atoms. The molecule has 0 aliphatic heterocycles. The molecule has 2 aromatic rings. The smallest absolute Gasteiger partial charge is 0.389 e. The van der Waals surface area contributed by atoms with E-state index in [-0.39, 0.29) is 25.1 Å². The summed E-state index contributed by atoms with van der Waals surface area (Å²) < 4.78 is 89.8. The van der Waals surface area contributed by atoms with Gasteiger partial charge in [0.2, 0.25) is 10.0 Å². The van der Waals surface area contributed by atoms with Crippen LogP contribution in [0.5, 0.6) is 0 Å². The van der Waals surface area contributed by atoms with E-state index in [2.05, 4.69) is 5.32 Å². The number of carbonyl (C=O) groups excluding carboxylic acids is 1. The van der Waals surface area contributed by atoms with E-state index in [0.29, 0.717) is 29.0 Å². The number of hydrogen-bond donors (Lipinski definition) is 2. The molecule has 2 aromatic carbocycles. The van der Waals surface area contributed by atoms with E-state index in [9.17, 15) is 44.7 Å². The van der Waals surface area contributed by atoms with Crippen molar-refractivity contribution in [2.24, 2.45) is 5.92 Å². The summed E-state index contributed by atoms with van der Waals surface area (Å²) in [5.41, 5.74) is 2.44. The van der Waals surface area contributed by atoms with Crippen LogP contribution in [0.2, 0.25) is 0 Å². The molecule has 3 rings (SSSR count). The van der Waals surface area contributed by atoms with Gasteiger partial charge in [0.15, 0.2) is 0 Å². The summed E-state index contributed by atoms with van der Waals surface area (Å²) in [6.45, 7) is 1.85. The lowest BCUT2D eigenvalue weighted by molar-refractivity contribution is -0.139. The Balaban J connectivity index is 1.95. The van der Waals surface area contributed by atoms with E-state index in [1.54, 1.807) is 30.3 Å². The van der Waals surface area contributed by atoms with Crippen LogP contribution in [0.4, 0.5) is 13.2 Å². The van der Waals surface area contributed by atoms with Gasteiger partial charge in [0, 0.05) is 31.3 Å². The molecule has 0 heterocycles. The van der Waals surface area contributed by atoms with Gasteiger partial charge in [-0.25, -0.2) is 21.6 Å². The van der Waals surface area contributed by atoms with Crippen LogP contribution >= 0.6 is 0 Å². The van der Waals surface area contributed by atoms with E-state index < -0.39 is 68.3 Å². The number of halogens is 3. The Bertz CT molecular complexity index is 1570. The minimum absolute atomic E-state index is 0.102. The SMILES string of the molecule is Cc1ccccc1-c1cc(CN(CCC2CCCCC2)S(=O)(=O)CCCC(F)(F)F)ccc1C(=O)NC(CCS(C)(=O)=O)C(=O)O. The number of nitrogens with zero attached hydrogens (tertiary/aromatic N) is 1. The van der Waals surface area contributed by atoms with Crippen molar-refractivity contribution in [3.8, 4) is 11.1 Å². The maximum absolute atomic E-state index is 13.4.